The summed E-state index contributed by atoms with van der Waals surface area (Å²) < 4.78 is 1.78. The molecule has 0 spiro atoms. The molecule has 7 nitrogen and oxygen atoms in total. The highest BCUT2D eigenvalue weighted by molar-refractivity contribution is 5.95. The molecule has 0 bridgehead atoms. The molecule has 4 N–H and O–H groups in total. The molecule has 0 saturated heterocycles. The summed E-state index contributed by atoms with van der Waals surface area (Å²) in [6.45, 7) is 1.56. The Morgan fingerprint density at radius 3 is 2.95 bits per heavy atom. The molecule has 1 heterocycles. The highest BCUT2D eigenvalue weighted by Gasteiger charge is 2.06. The van der Waals surface area contributed by atoms with Gasteiger partial charge in [0.1, 0.15) is 0 Å². The summed E-state index contributed by atoms with van der Waals surface area (Å²) in [6, 6.07) is 5.23. The van der Waals surface area contributed by atoms with E-state index in [1.54, 1.807) is 30.1 Å². The van der Waals surface area contributed by atoms with E-state index in [9.17, 15) is 4.79 Å². The molecule has 7 heteroatoms. The Morgan fingerprint density at radius 2 is 2.30 bits per heavy atom. The number of benzene rings is 1. The molecule has 0 aliphatic carbocycles. The van der Waals surface area contributed by atoms with Crippen molar-refractivity contribution in [3.63, 3.8) is 0 Å². The van der Waals surface area contributed by atoms with Crippen molar-refractivity contribution >= 4 is 17.3 Å². The summed E-state index contributed by atoms with van der Waals surface area (Å²) in [5.74, 6) is -0.144. The Labute approximate surface area is 117 Å². The zero-order valence-electron chi connectivity index (χ0n) is 11.3. The third-order valence-electron chi connectivity index (χ3n) is 2.89. The van der Waals surface area contributed by atoms with Crippen LogP contribution < -0.4 is 16.4 Å². The Morgan fingerprint density at radius 1 is 1.45 bits per heavy atom. The van der Waals surface area contributed by atoms with Gasteiger partial charge in [0.25, 0.3) is 5.91 Å². The van der Waals surface area contributed by atoms with Crippen molar-refractivity contribution in [2.24, 2.45) is 0 Å². The predicted octanol–water partition coefficient (Wildman–Crippen LogP) is 0.722. The van der Waals surface area contributed by atoms with Gasteiger partial charge in [-0.3, -0.25) is 9.48 Å². The molecule has 0 saturated carbocycles. The van der Waals surface area contributed by atoms with E-state index in [2.05, 4.69) is 20.9 Å². The molecule has 106 valence electrons. The fraction of sp³-hybridized carbons (Fsp3) is 0.308. The minimum absolute atomic E-state index is 0.144. The normalized spacial score (nSPS) is 10.2. The Kier molecular flexibility index (Phi) is 4.54. The number of nitrogen functional groups attached to an aromatic ring is 1. The highest BCUT2D eigenvalue weighted by atomic mass is 16.1. The van der Waals surface area contributed by atoms with Gasteiger partial charge >= 0.3 is 0 Å². The molecule has 0 aliphatic heterocycles. The highest BCUT2D eigenvalue weighted by Crippen LogP contribution is 2.19. The van der Waals surface area contributed by atoms with Crippen molar-refractivity contribution in [1.29, 1.82) is 0 Å². The number of nitrogens with two attached hydrogens (primary N) is 1. The van der Waals surface area contributed by atoms with Gasteiger partial charge in [-0.1, -0.05) is 5.21 Å². The van der Waals surface area contributed by atoms with Gasteiger partial charge in [0.05, 0.1) is 17.6 Å². The summed E-state index contributed by atoms with van der Waals surface area (Å²) in [5, 5.41) is 13.4. The van der Waals surface area contributed by atoms with Crippen molar-refractivity contribution in [3.05, 3.63) is 36.2 Å². The van der Waals surface area contributed by atoms with Crippen LogP contribution in [0.5, 0.6) is 0 Å². The van der Waals surface area contributed by atoms with E-state index in [0.29, 0.717) is 11.3 Å². The Balaban J connectivity index is 1.85. The number of amides is 1. The lowest BCUT2D eigenvalue weighted by Gasteiger charge is -2.10. The maximum Gasteiger partial charge on any atom is 0.251 e. The molecule has 2 rings (SSSR count). The molecule has 20 heavy (non-hydrogen) atoms. The van der Waals surface area contributed by atoms with Gasteiger partial charge in [-0.25, -0.2) is 0 Å². The molecule has 0 atom stereocenters. The number of nitrogens with zero attached hydrogens (tertiary/aromatic N) is 3. The summed E-state index contributed by atoms with van der Waals surface area (Å²) in [5.41, 5.74) is 7.87. The quantitative estimate of drug-likeness (QED) is 0.532. The second-order valence-electron chi connectivity index (χ2n) is 4.33. The van der Waals surface area contributed by atoms with Gasteiger partial charge in [0, 0.05) is 31.9 Å². The summed E-state index contributed by atoms with van der Waals surface area (Å²) >= 11 is 0. The van der Waals surface area contributed by atoms with Crippen LogP contribution in [0.4, 0.5) is 11.4 Å². The van der Waals surface area contributed by atoms with Gasteiger partial charge < -0.3 is 16.4 Å². The number of hydrogen-bond acceptors (Lipinski definition) is 5. The molecular weight excluding hydrogens is 256 g/mol. The topological polar surface area (TPSA) is 97.9 Å². The van der Waals surface area contributed by atoms with Gasteiger partial charge in [-0.15, -0.1) is 5.10 Å². The van der Waals surface area contributed by atoms with Gasteiger partial charge in [0.2, 0.25) is 0 Å². The lowest BCUT2D eigenvalue weighted by molar-refractivity contribution is 0.0963. The average molecular weight is 274 g/mol. The number of nitrogens with one attached hydrogen (secondary N) is 2. The maximum atomic E-state index is 11.5. The zero-order valence-corrected chi connectivity index (χ0v) is 11.3. The van der Waals surface area contributed by atoms with Crippen LogP contribution in [0.25, 0.3) is 0 Å². The predicted molar refractivity (Wildman–Crippen MR) is 77.4 cm³/mol. The number of aryl methyl sites for hydroxylation is 1. The monoisotopic (exact) mass is 274 g/mol. The standard InChI is InChI=1S/C13H18N6O/c1-15-13(20)10-3-4-12(11(14)9-10)16-5-2-7-19-8-6-17-18-19/h3-4,6,8-9,16H,2,5,7,14H2,1H3,(H,15,20). The van der Waals surface area contributed by atoms with E-state index >= 15 is 0 Å². The first-order chi connectivity index (χ1) is 9.70. The maximum absolute atomic E-state index is 11.5. The summed E-state index contributed by atoms with van der Waals surface area (Å²) in [7, 11) is 1.59. The number of carbonyl (C=O) groups is 1. The lowest BCUT2D eigenvalue weighted by Crippen LogP contribution is -2.18. The second-order valence-corrected chi connectivity index (χ2v) is 4.33. The fourth-order valence-electron chi connectivity index (χ4n) is 1.83. The SMILES string of the molecule is CNC(=O)c1ccc(NCCCn2ccnn2)c(N)c1. The number of hydrogen-bond donors (Lipinski definition) is 3. The van der Waals surface area contributed by atoms with Gasteiger partial charge in [-0.05, 0) is 24.6 Å². The Bertz CT molecular complexity index is 566. The molecule has 0 fully saturated rings. The van der Waals surface area contributed by atoms with Gasteiger partial charge in [0.15, 0.2) is 0 Å². The molecule has 0 unspecified atom stereocenters. The van der Waals surface area contributed by atoms with Crippen LogP contribution >= 0.6 is 0 Å². The smallest absolute Gasteiger partial charge is 0.251 e. The molecule has 0 radical (unpaired) electrons. The number of aromatic nitrogens is 3. The van der Waals surface area contributed by atoms with Crippen molar-refractivity contribution in [3.8, 4) is 0 Å². The Hall–Kier alpha value is -2.57. The first kappa shape index (κ1) is 13.9. The lowest BCUT2D eigenvalue weighted by atomic mass is 10.1. The minimum atomic E-state index is -0.144. The summed E-state index contributed by atoms with van der Waals surface area (Å²) in [6.07, 6.45) is 4.38. The molecular formula is C13H18N6O. The molecule has 0 aliphatic rings. The zero-order chi connectivity index (χ0) is 14.4. The first-order valence-corrected chi connectivity index (χ1v) is 6.40. The van der Waals surface area contributed by atoms with E-state index in [0.717, 1.165) is 25.2 Å². The third kappa shape index (κ3) is 3.47. The minimum Gasteiger partial charge on any atom is -0.397 e. The molecule has 1 aromatic carbocycles. The van der Waals surface area contributed by atoms with Crippen LogP contribution in [0.15, 0.2) is 30.6 Å². The van der Waals surface area contributed by atoms with Crippen LogP contribution in [-0.2, 0) is 6.54 Å². The molecule has 1 amide bonds. The fourth-order valence-corrected chi connectivity index (χ4v) is 1.83. The average Bonchev–Trinajstić information content (AvgIpc) is 2.97. The van der Waals surface area contributed by atoms with Crippen LogP contribution in [0.3, 0.4) is 0 Å². The number of carbonyl (C=O) groups excluding carboxylic acids is 1. The van der Waals surface area contributed by atoms with E-state index < -0.39 is 0 Å². The van der Waals surface area contributed by atoms with Crippen molar-refractivity contribution in [2.45, 2.75) is 13.0 Å². The van der Waals surface area contributed by atoms with Crippen LogP contribution in [0, 0.1) is 0 Å². The summed E-state index contributed by atoms with van der Waals surface area (Å²) in [4.78, 5) is 11.5. The van der Waals surface area contributed by atoms with Crippen molar-refractivity contribution in [2.75, 3.05) is 24.6 Å². The van der Waals surface area contributed by atoms with E-state index in [1.165, 1.54) is 0 Å². The van der Waals surface area contributed by atoms with Crippen LogP contribution in [0.2, 0.25) is 0 Å². The number of anilines is 2. The van der Waals surface area contributed by atoms with Crippen molar-refractivity contribution in [1.82, 2.24) is 20.3 Å². The number of rotatable bonds is 6. The van der Waals surface area contributed by atoms with Crippen molar-refractivity contribution < 1.29 is 4.79 Å². The van der Waals surface area contributed by atoms with Crippen LogP contribution in [-0.4, -0.2) is 34.5 Å². The van der Waals surface area contributed by atoms with E-state index in [1.807, 2.05) is 12.3 Å². The molecule has 2 aromatic rings. The molecule has 1 aromatic heterocycles. The first-order valence-electron chi connectivity index (χ1n) is 6.40. The van der Waals surface area contributed by atoms with E-state index in [-0.39, 0.29) is 5.91 Å². The second kappa shape index (κ2) is 6.55. The van der Waals surface area contributed by atoms with Crippen LogP contribution in [0.1, 0.15) is 16.8 Å². The third-order valence-corrected chi connectivity index (χ3v) is 2.89. The van der Waals surface area contributed by atoms with E-state index in [4.69, 9.17) is 5.73 Å². The largest absolute Gasteiger partial charge is 0.397 e. The van der Waals surface area contributed by atoms with Gasteiger partial charge in [-0.2, -0.15) is 0 Å².